The van der Waals surface area contributed by atoms with Crippen molar-refractivity contribution in [1.29, 1.82) is 0 Å². The van der Waals surface area contributed by atoms with Crippen LogP contribution in [-0.2, 0) is 6.42 Å². The summed E-state index contributed by atoms with van der Waals surface area (Å²) in [6, 6.07) is 18.2. The number of benzene rings is 2. The van der Waals surface area contributed by atoms with Gasteiger partial charge in [0.25, 0.3) is 0 Å². The molecule has 0 heterocycles. The fourth-order valence-electron chi connectivity index (χ4n) is 1.72. The second-order valence-corrected chi connectivity index (χ2v) is 4.02. The van der Waals surface area contributed by atoms with Crippen molar-refractivity contribution in [1.82, 2.24) is 0 Å². The van der Waals surface area contributed by atoms with Crippen molar-refractivity contribution in [3.8, 4) is 17.6 Å². The lowest BCUT2D eigenvalue weighted by molar-refractivity contribution is 0.414. The minimum Gasteiger partial charge on any atom is -0.497 e. The Labute approximate surface area is 108 Å². The Morgan fingerprint density at radius 3 is 2.61 bits per heavy atom. The standard InChI is InChI=1S/C17H16O/c1-18-17-13-7-12-16(14-17)11-6-5-10-15-8-3-2-4-9-15/h2-4,7-9,12-14H,6,11H2,1H3. The molecule has 0 atom stereocenters. The van der Waals surface area contributed by atoms with Crippen LogP contribution in [0.1, 0.15) is 17.5 Å². The summed E-state index contributed by atoms with van der Waals surface area (Å²) in [5, 5.41) is 0. The van der Waals surface area contributed by atoms with Crippen molar-refractivity contribution >= 4 is 0 Å². The van der Waals surface area contributed by atoms with E-state index in [-0.39, 0.29) is 0 Å². The van der Waals surface area contributed by atoms with Crippen molar-refractivity contribution in [2.24, 2.45) is 0 Å². The van der Waals surface area contributed by atoms with E-state index in [2.05, 4.69) is 24.0 Å². The van der Waals surface area contributed by atoms with E-state index in [4.69, 9.17) is 4.74 Å². The maximum atomic E-state index is 5.19. The first kappa shape index (κ1) is 12.3. The third-order valence-corrected chi connectivity index (χ3v) is 2.68. The Morgan fingerprint density at radius 2 is 1.83 bits per heavy atom. The van der Waals surface area contributed by atoms with Crippen LogP contribution in [0.15, 0.2) is 54.6 Å². The molecule has 0 aliphatic rings. The molecule has 0 bridgehead atoms. The predicted molar refractivity (Wildman–Crippen MR) is 74.6 cm³/mol. The summed E-state index contributed by atoms with van der Waals surface area (Å²) in [6.45, 7) is 0. The molecule has 2 rings (SSSR count). The van der Waals surface area contributed by atoms with Gasteiger partial charge >= 0.3 is 0 Å². The van der Waals surface area contributed by atoms with E-state index in [1.165, 1.54) is 5.56 Å². The molecule has 0 aliphatic carbocycles. The average Bonchev–Trinajstić information content (AvgIpc) is 2.45. The Kier molecular flexibility index (Phi) is 4.44. The molecule has 0 N–H and O–H groups in total. The summed E-state index contributed by atoms with van der Waals surface area (Å²) >= 11 is 0. The van der Waals surface area contributed by atoms with Crippen LogP contribution >= 0.6 is 0 Å². The molecular formula is C17H16O. The Bertz CT molecular complexity index is 547. The molecule has 1 heteroatoms. The highest BCUT2D eigenvalue weighted by Crippen LogP contribution is 2.13. The fourth-order valence-corrected chi connectivity index (χ4v) is 1.72. The first-order valence-electron chi connectivity index (χ1n) is 6.05. The molecule has 0 spiro atoms. The molecule has 2 aromatic carbocycles. The number of hydrogen-bond acceptors (Lipinski definition) is 1. The molecule has 1 nitrogen and oxygen atoms in total. The first-order chi connectivity index (χ1) is 8.88. The Balaban J connectivity index is 1.91. The predicted octanol–water partition coefficient (Wildman–Crippen LogP) is 3.68. The number of methoxy groups -OCH3 is 1. The quantitative estimate of drug-likeness (QED) is 0.739. The zero-order chi connectivity index (χ0) is 12.6. The molecule has 0 saturated carbocycles. The van der Waals surface area contributed by atoms with E-state index in [0.717, 1.165) is 24.2 Å². The van der Waals surface area contributed by atoms with Gasteiger partial charge in [-0.25, -0.2) is 0 Å². The molecule has 0 amide bonds. The van der Waals surface area contributed by atoms with Crippen LogP contribution in [0, 0.1) is 11.8 Å². The number of aryl methyl sites for hydroxylation is 1. The summed E-state index contributed by atoms with van der Waals surface area (Å²) in [6.07, 6.45) is 1.82. The van der Waals surface area contributed by atoms with Crippen LogP contribution < -0.4 is 4.74 Å². The summed E-state index contributed by atoms with van der Waals surface area (Å²) in [7, 11) is 1.69. The van der Waals surface area contributed by atoms with Crippen LogP contribution in [-0.4, -0.2) is 7.11 Å². The van der Waals surface area contributed by atoms with E-state index in [1.54, 1.807) is 7.11 Å². The molecule has 0 aliphatic heterocycles. The number of hydrogen-bond donors (Lipinski definition) is 0. The summed E-state index contributed by atoms with van der Waals surface area (Å²) < 4.78 is 5.19. The van der Waals surface area contributed by atoms with Gasteiger partial charge in [-0.1, -0.05) is 42.2 Å². The highest BCUT2D eigenvalue weighted by atomic mass is 16.5. The lowest BCUT2D eigenvalue weighted by Gasteiger charge is -2.01. The summed E-state index contributed by atoms with van der Waals surface area (Å²) in [5.74, 6) is 7.27. The molecule has 0 radical (unpaired) electrons. The second-order valence-electron chi connectivity index (χ2n) is 4.02. The van der Waals surface area contributed by atoms with Gasteiger partial charge in [0.15, 0.2) is 0 Å². The van der Waals surface area contributed by atoms with Crippen molar-refractivity contribution in [2.75, 3.05) is 7.11 Å². The lowest BCUT2D eigenvalue weighted by atomic mass is 10.1. The monoisotopic (exact) mass is 236 g/mol. The van der Waals surface area contributed by atoms with Gasteiger partial charge in [-0.05, 0) is 36.2 Å². The molecule has 0 aromatic heterocycles. The molecule has 2 aromatic rings. The highest BCUT2D eigenvalue weighted by Gasteiger charge is 1.94. The van der Waals surface area contributed by atoms with Gasteiger partial charge < -0.3 is 4.74 Å². The molecule has 0 fully saturated rings. The maximum absolute atomic E-state index is 5.19. The minimum atomic E-state index is 0.863. The lowest BCUT2D eigenvalue weighted by Crippen LogP contribution is -1.87. The third kappa shape index (κ3) is 3.68. The van der Waals surface area contributed by atoms with Gasteiger partial charge in [0, 0.05) is 12.0 Å². The van der Waals surface area contributed by atoms with Gasteiger partial charge in [-0.2, -0.15) is 0 Å². The van der Waals surface area contributed by atoms with Crippen LogP contribution in [0.5, 0.6) is 5.75 Å². The summed E-state index contributed by atoms with van der Waals surface area (Å²) in [4.78, 5) is 0. The molecule has 0 saturated heterocycles. The highest BCUT2D eigenvalue weighted by molar-refractivity contribution is 5.34. The van der Waals surface area contributed by atoms with E-state index >= 15 is 0 Å². The van der Waals surface area contributed by atoms with E-state index in [9.17, 15) is 0 Å². The topological polar surface area (TPSA) is 9.23 Å². The SMILES string of the molecule is COc1cccc(CCC#Cc2ccccc2)c1. The van der Waals surface area contributed by atoms with Crippen molar-refractivity contribution in [2.45, 2.75) is 12.8 Å². The van der Waals surface area contributed by atoms with Crippen LogP contribution in [0.3, 0.4) is 0 Å². The van der Waals surface area contributed by atoms with E-state index < -0.39 is 0 Å². The van der Waals surface area contributed by atoms with Crippen molar-refractivity contribution < 1.29 is 4.74 Å². The Hall–Kier alpha value is -2.20. The number of ether oxygens (including phenoxy) is 1. The largest absolute Gasteiger partial charge is 0.497 e. The van der Waals surface area contributed by atoms with Crippen molar-refractivity contribution in [3.63, 3.8) is 0 Å². The van der Waals surface area contributed by atoms with Gasteiger partial charge in [-0.3, -0.25) is 0 Å². The van der Waals surface area contributed by atoms with Crippen LogP contribution in [0.4, 0.5) is 0 Å². The smallest absolute Gasteiger partial charge is 0.119 e. The first-order valence-corrected chi connectivity index (χ1v) is 6.05. The van der Waals surface area contributed by atoms with E-state index in [1.807, 2.05) is 42.5 Å². The normalized spacial score (nSPS) is 9.39. The maximum Gasteiger partial charge on any atom is 0.119 e. The molecule has 18 heavy (non-hydrogen) atoms. The zero-order valence-corrected chi connectivity index (χ0v) is 10.5. The Morgan fingerprint density at radius 1 is 1.00 bits per heavy atom. The van der Waals surface area contributed by atoms with Gasteiger partial charge in [0.05, 0.1) is 7.11 Å². The minimum absolute atomic E-state index is 0.863. The average molecular weight is 236 g/mol. The zero-order valence-electron chi connectivity index (χ0n) is 10.5. The number of rotatable bonds is 3. The fraction of sp³-hybridized carbons (Fsp3) is 0.176. The second kappa shape index (κ2) is 6.51. The van der Waals surface area contributed by atoms with Crippen molar-refractivity contribution in [3.05, 3.63) is 65.7 Å². The van der Waals surface area contributed by atoms with Crippen LogP contribution in [0.25, 0.3) is 0 Å². The molecule has 90 valence electrons. The van der Waals surface area contributed by atoms with Gasteiger partial charge in [0.2, 0.25) is 0 Å². The molecular weight excluding hydrogens is 220 g/mol. The summed E-state index contributed by atoms with van der Waals surface area (Å²) in [5.41, 5.74) is 2.33. The van der Waals surface area contributed by atoms with Gasteiger partial charge in [-0.15, -0.1) is 0 Å². The van der Waals surface area contributed by atoms with E-state index in [0.29, 0.717) is 0 Å². The van der Waals surface area contributed by atoms with Gasteiger partial charge in [0.1, 0.15) is 5.75 Å². The van der Waals surface area contributed by atoms with Crippen LogP contribution in [0.2, 0.25) is 0 Å². The third-order valence-electron chi connectivity index (χ3n) is 2.68. The molecule has 0 unspecified atom stereocenters.